The molecule has 2 unspecified atom stereocenters. The summed E-state index contributed by atoms with van der Waals surface area (Å²) >= 11 is 1.55. The maximum absolute atomic E-state index is 11.8. The molecule has 4 heteroatoms. The highest BCUT2D eigenvalue weighted by Crippen LogP contribution is 2.39. The lowest BCUT2D eigenvalue weighted by molar-refractivity contribution is -0.117. The van der Waals surface area contributed by atoms with Gasteiger partial charge in [-0.05, 0) is 30.9 Å². The molecule has 0 spiro atoms. The molecule has 1 N–H and O–H groups in total. The number of hydrogen-bond donors (Lipinski definition) is 1. The van der Waals surface area contributed by atoms with Crippen LogP contribution in [0.15, 0.2) is 23.8 Å². The molecule has 1 heterocycles. The first-order valence-electron chi connectivity index (χ1n) is 5.67. The van der Waals surface area contributed by atoms with Crippen LogP contribution in [-0.4, -0.2) is 12.1 Å². The summed E-state index contributed by atoms with van der Waals surface area (Å²) in [6.07, 6.45) is 4.28. The molecular weight excluding hydrogens is 232 g/mol. The Hall–Kier alpha value is -1.42. The second kappa shape index (κ2) is 4.84. The third kappa shape index (κ3) is 2.82. The van der Waals surface area contributed by atoms with Gasteiger partial charge in [0.05, 0.1) is 9.88 Å². The van der Waals surface area contributed by atoms with E-state index in [2.05, 4.69) is 23.8 Å². The Kier molecular flexibility index (Phi) is 3.43. The number of carbonyl (C=O) groups excluding carboxylic acids is 1. The van der Waals surface area contributed by atoms with Gasteiger partial charge in [-0.2, -0.15) is 0 Å². The molecule has 1 aliphatic rings. The molecule has 1 saturated carbocycles. The van der Waals surface area contributed by atoms with Gasteiger partial charge in [-0.15, -0.1) is 11.3 Å². The maximum Gasteiger partial charge on any atom is 0.228 e. The van der Waals surface area contributed by atoms with Gasteiger partial charge in [0.25, 0.3) is 0 Å². The van der Waals surface area contributed by atoms with E-state index in [4.69, 9.17) is 0 Å². The summed E-state index contributed by atoms with van der Waals surface area (Å²) in [5.41, 5.74) is 1.12. The number of nitrogens with zero attached hydrogens (tertiary/aromatic N) is 1. The summed E-state index contributed by atoms with van der Waals surface area (Å²) in [7, 11) is 0. The van der Waals surface area contributed by atoms with Crippen molar-refractivity contribution >= 4 is 28.5 Å². The molecule has 0 aliphatic heterocycles. The van der Waals surface area contributed by atoms with Crippen molar-refractivity contribution in [3.05, 3.63) is 29.3 Å². The lowest BCUT2D eigenvalue weighted by atomic mass is 10.3. The van der Waals surface area contributed by atoms with Gasteiger partial charge < -0.3 is 5.32 Å². The van der Waals surface area contributed by atoms with Crippen molar-refractivity contribution in [2.24, 2.45) is 16.8 Å². The molecule has 0 saturated heterocycles. The van der Waals surface area contributed by atoms with E-state index in [0.717, 1.165) is 21.9 Å². The zero-order chi connectivity index (χ0) is 12.4. The van der Waals surface area contributed by atoms with Gasteiger partial charge >= 0.3 is 0 Å². The van der Waals surface area contributed by atoms with Crippen molar-refractivity contribution in [1.82, 2.24) is 0 Å². The monoisotopic (exact) mass is 248 g/mol. The lowest BCUT2D eigenvalue weighted by Gasteiger charge is -1.99. The Balaban J connectivity index is 2.04. The largest absolute Gasteiger partial charge is 0.317 e. The van der Waals surface area contributed by atoms with E-state index in [0.29, 0.717) is 5.92 Å². The highest BCUT2D eigenvalue weighted by Gasteiger charge is 2.39. The minimum atomic E-state index is 0.144. The van der Waals surface area contributed by atoms with Crippen LogP contribution in [0.5, 0.6) is 0 Å². The minimum absolute atomic E-state index is 0.144. The maximum atomic E-state index is 11.8. The number of thiophene rings is 1. The predicted octanol–water partition coefficient (Wildman–Crippen LogP) is 3.21. The molecule has 1 amide bonds. The van der Waals surface area contributed by atoms with Gasteiger partial charge in [0.2, 0.25) is 5.91 Å². The Labute approximate surface area is 105 Å². The van der Waals surface area contributed by atoms with Crippen LogP contribution in [0.3, 0.4) is 0 Å². The second-order valence-corrected chi connectivity index (χ2v) is 5.51. The Morgan fingerprint density at radius 1 is 1.71 bits per heavy atom. The van der Waals surface area contributed by atoms with Crippen molar-refractivity contribution < 1.29 is 4.79 Å². The van der Waals surface area contributed by atoms with Gasteiger partial charge in [0.15, 0.2) is 0 Å². The fourth-order valence-electron chi connectivity index (χ4n) is 1.71. The Morgan fingerprint density at radius 3 is 3.00 bits per heavy atom. The Morgan fingerprint density at radius 2 is 2.41 bits per heavy atom. The molecule has 3 nitrogen and oxygen atoms in total. The molecule has 0 bridgehead atoms. The van der Waals surface area contributed by atoms with Gasteiger partial charge in [-0.25, -0.2) is 0 Å². The lowest BCUT2D eigenvalue weighted by Crippen LogP contribution is -2.13. The normalized spacial score (nSPS) is 22.7. The highest BCUT2D eigenvalue weighted by atomic mass is 32.1. The molecule has 0 aromatic carbocycles. The first kappa shape index (κ1) is 12.0. The average molecular weight is 248 g/mol. The summed E-state index contributed by atoms with van der Waals surface area (Å²) < 4.78 is 0. The number of nitrogens with one attached hydrogen (secondary N) is 1. The van der Waals surface area contributed by atoms with Crippen LogP contribution >= 0.6 is 11.3 Å². The van der Waals surface area contributed by atoms with E-state index in [9.17, 15) is 4.79 Å². The van der Waals surface area contributed by atoms with Crippen LogP contribution in [0.1, 0.15) is 23.8 Å². The number of amides is 1. The summed E-state index contributed by atoms with van der Waals surface area (Å²) in [5.74, 6) is 0.895. The van der Waals surface area contributed by atoms with E-state index >= 15 is 0 Å². The fourth-order valence-corrected chi connectivity index (χ4v) is 2.67. The number of anilines is 1. The van der Waals surface area contributed by atoms with Gasteiger partial charge in [-0.3, -0.25) is 9.79 Å². The number of hydrogen-bond acceptors (Lipinski definition) is 3. The van der Waals surface area contributed by atoms with E-state index in [1.807, 2.05) is 13.0 Å². The van der Waals surface area contributed by atoms with Crippen molar-refractivity contribution in [3.63, 3.8) is 0 Å². The first-order valence-corrected chi connectivity index (χ1v) is 6.49. The quantitative estimate of drug-likeness (QED) is 0.817. The molecule has 1 aliphatic carbocycles. The number of aliphatic imine (C=N–C) groups is 1. The number of rotatable bonds is 4. The second-order valence-electron chi connectivity index (χ2n) is 4.43. The standard InChI is InChI=1S/C13H16N2OS/c1-4-14-7-11-9(3)6-12(17-11)15-13(16)10-5-8(10)2/h4,6-8,10H,1,5H2,2-3H3,(H,15,16). The summed E-state index contributed by atoms with van der Waals surface area (Å²) in [6, 6.07) is 1.99. The van der Waals surface area contributed by atoms with E-state index in [1.54, 1.807) is 17.6 Å². The fraction of sp³-hybridized carbons (Fsp3) is 0.385. The first-order chi connectivity index (χ1) is 8.11. The van der Waals surface area contributed by atoms with E-state index < -0.39 is 0 Å². The molecule has 1 fully saturated rings. The molecule has 90 valence electrons. The smallest absolute Gasteiger partial charge is 0.228 e. The van der Waals surface area contributed by atoms with E-state index in [-0.39, 0.29) is 11.8 Å². The van der Waals surface area contributed by atoms with Crippen molar-refractivity contribution in [3.8, 4) is 0 Å². The van der Waals surface area contributed by atoms with Gasteiger partial charge in [0, 0.05) is 18.3 Å². The molecular formula is C13H16N2OS. The number of carbonyl (C=O) groups is 1. The van der Waals surface area contributed by atoms with Crippen LogP contribution in [-0.2, 0) is 4.79 Å². The molecule has 1 aromatic rings. The van der Waals surface area contributed by atoms with Crippen LogP contribution < -0.4 is 5.32 Å². The minimum Gasteiger partial charge on any atom is -0.317 e. The SMILES string of the molecule is C=CN=Cc1sc(NC(=O)C2CC2C)cc1C. The van der Waals surface area contributed by atoms with Crippen LogP contribution in [0.4, 0.5) is 5.00 Å². The molecule has 17 heavy (non-hydrogen) atoms. The van der Waals surface area contributed by atoms with Crippen molar-refractivity contribution in [1.29, 1.82) is 0 Å². The van der Waals surface area contributed by atoms with Crippen molar-refractivity contribution in [2.75, 3.05) is 5.32 Å². The van der Waals surface area contributed by atoms with Crippen molar-refractivity contribution in [2.45, 2.75) is 20.3 Å². The third-order valence-electron chi connectivity index (χ3n) is 2.95. The highest BCUT2D eigenvalue weighted by molar-refractivity contribution is 7.18. The molecule has 2 atom stereocenters. The zero-order valence-corrected chi connectivity index (χ0v) is 10.9. The Bertz CT molecular complexity index is 476. The summed E-state index contributed by atoms with van der Waals surface area (Å²) in [4.78, 5) is 16.8. The summed E-state index contributed by atoms with van der Waals surface area (Å²) in [6.45, 7) is 7.65. The van der Waals surface area contributed by atoms with Crippen LogP contribution in [0.2, 0.25) is 0 Å². The molecule has 1 aromatic heterocycles. The third-order valence-corrected chi connectivity index (χ3v) is 4.03. The van der Waals surface area contributed by atoms with E-state index in [1.165, 1.54) is 6.20 Å². The molecule has 2 rings (SSSR count). The van der Waals surface area contributed by atoms with Crippen LogP contribution in [0, 0.1) is 18.8 Å². The van der Waals surface area contributed by atoms with Gasteiger partial charge in [-0.1, -0.05) is 13.5 Å². The zero-order valence-electron chi connectivity index (χ0n) is 10.1. The topological polar surface area (TPSA) is 41.5 Å². The average Bonchev–Trinajstić information content (AvgIpc) is 2.91. The van der Waals surface area contributed by atoms with Gasteiger partial charge in [0.1, 0.15) is 0 Å². The predicted molar refractivity (Wildman–Crippen MR) is 72.7 cm³/mol. The molecule has 0 radical (unpaired) electrons. The van der Waals surface area contributed by atoms with Crippen LogP contribution in [0.25, 0.3) is 0 Å². The number of aryl methyl sites for hydroxylation is 1. The summed E-state index contributed by atoms with van der Waals surface area (Å²) in [5, 5.41) is 3.86.